The van der Waals surface area contributed by atoms with Crippen molar-refractivity contribution < 1.29 is 4.39 Å². The monoisotopic (exact) mass is 178 g/mol. The van der Waals surface area contributed by atoms with Crippen LogP contribution in [-0.4, -0.2) is 14.1 Å². The highest BCUT2D eigenvalue weighted by Gasteiger charge is 2.07. The van der Waals surface area contributed by atoms with E-state index in [0.29, 0.717) is 0 Å². The summed E-state index contributed by atoms with van der Waals surface area (Å²) >= 11 is 0. The van der Waals surface area contributed by atoms with Gasteiger partial charge in [0.1, 0.15) is 5.82 Å². The zero-order valence-corrected chi connectivity index (χ0v) is 7.71. The zero-order valence-electron chi connectivity index (χ0n) is 7.71. The van der Waals surface area contributed by atoms with E-state index in [1.165, 1.54) is 12.1 Å². The average molecular weight is 178 g/mol. The largest absolute Gasteiger partial charge is 0.377 e. The summed E-state index contributed by atoms with van der Waals surface area (Å²) in [5, 5.41) is 0. The third-order valence-electron chi connectivity index (χ3n) is 1.77. The van der Waals surface area contributed by atoms with Crippen molar-refractivity contribution in [3.05, 3.63) is 41.0 Å². The van der Waals surface area contributed by atoms with E-state index in [1.807, 2.05) is 19.0 Å². The fourth-order valence-electron chi connectivity index (χ4n) is 1.20. The van der Waals surface area contributed by atoms with Crippen molar-refractivity contribution in [1.29, 1.82) is 0 Å². The van der Waals surface area contributed by atoms with Gasteiger partial charge in [-0.05, 0) is 18.2 Å². The summed E-state index contributed by atoms with van der Waals surface area (Å²) in [6, 6.07) is 4.51. The van der Waals surface area contributed by atoms with Crippen molar-refractivity contribution in [2.45, 2.75) is 6.54 Å². The molecule has 0 saturated carbocycles. The van der Waals surface area contributed by atoms with E-state index in [9.17, 15) is 4.39 Å². The lowest BCUT2D eigenvalue weighted by atomic mass is 10.1. The average Bonchev–Trinajstić information content (AvgIpc) is 2.04. The highest BCUT2D eigenvalue weighted by atomic mass is 19.1. The van der Waals surface area contributed by atoms with Gasteiger partial charge in [-0.1, -0.05) is 0 Å². The smallest absolute Gasteiger partial charge is 0.241 e. The SMILES string of the molecule is [C-]#[N+]Cc1cc(F)ccc1N(C)C. The Kier molecular flexibility index (Phi) is 2.86. The first-order chi connectivity index (χ1) is 6.15. The Labute approximate surface area is 77.4 Å². The van der Waals surface area contributed by atoms with Gasteiger partial charge in [-0.25, -0.2) is 11.0 Å². The molecule has 1 aromatic carbocycles. The summed E-state index contributed by atoms with van der Waals surface area (Å²) in [5.74, 6) is -0.288. The number of hydrogen-bond donors (Lipinski definition) is 0. The number of rotatable bonds is 2. The van der Waals surface area contributed by atoms with Crippen LogP contribution in [0.15, 0.2) is 18.2 Å². The molecule has 0 radical (unpaired) electrons. The van der Waals surface area contributed by atoms with Crippen LogP contribution in [0.1, 0.15) is 5.56 Å². The van der Waals surface area contributed by atoms with Crippen LogP contribution in [-0.2, 0) is 6.54 Å². The zero-order chi connectivity index (χ0) is 9.84. The Morgan fingerprint density at radius 1 is 1.46 bits per heavy atom. The van der Waals surface area contributed by atoms with E-state index >= 15 is 0 Å². The first kappa shape index (κ1) is 9.53. The molecule has 1 rings (SSSR count). The lowest BCUT2D eigenvalue weighted by molar-refractivity contribution is 0.626. The summed E-state index contributed by atoms with van der Waals surface area (Å²) < 4.78 is 12.8. The summed E-state index contributed by atoms with van der Waals surface area (Å²) in [7, 11) is 3.75. The topological polar surface area (TPSA) is 7.60 Å². The molecule has 0 aliphatic heterocycles. The van der Waals surface area contributed by atoms with Crippen molar-refractivity contribution in [3.63, 3.8) is 0 Å². The van der Waals surface area contributed by atoms with E-state index in [2.05, 4.69) is 4.85 Å². The standard InChI is InChI=1S/C10H11FN2/c1-12-7-8-6-9(11)4-5-10(8)13(2)3/h4-6H,7H2,2-3H3. The predicted molar refractivity (Wildman–Crippen MR) is 51.0 cm³/mol. The molecule has 0 aromatic heterocycles. The molecule has 2 nitrogen and oxygen atoms in total. The van der Waals surface area contributed by atoms with Crippen LogP contribution in [0.25, 0.3) is 4.85 Å². The molecule has 13 heavy (non-hydrogen) atoms. The van der Waals surface area contributed by atoms with Gasteiger partial charge in [0.15, 0.2) is 0 Å². The van der Waals surface area contributed by atoms with Crippen LogP contribution in [0.5, 0.6) is 0 Å². The predicted octanol–water partition coefficient (Wildman–Crippen LogP) is 2.31. The quantitative estimate of drug-likeness (QED) is 0.630. The van der Waals surface area contributed by atoms with Gasteiger partial charge in [-0.3, -0.25) is 0 Å². The van der Waals surface area contributed by atoms with Gasteiger partial charge in [-0.15, -0.1) is 0 Å². The summed E-state index contributed by atoms with van der Waals surface area (Å²) in [6.45, 7) is 6.96. The van der Waals surface area contributed by atoms with Crippen LogP contribution < -0.4 is 4.90 Å². The number of halogens is 1. The molecule has 0 atom stereocenters. The van der Waals surface area contributed by atoms with E-state index in [-0.39, 0.29) is 12.4 Å². The Hall–Kier alpha value is -1.56. The molecule has 0 aliphatic rings. The summed E-state index contributed by atoms with van der Waals surface area (Å²) in [5.41, 5.74) is 1.64. The fourth-order valence-corrected chi connectivity index (χ4v) is 1.20. The lowest BCUT2D eigenvalue weighted by Crippen LogP contribution is -2.11. The molecule has 0 spiro atoms. The van der Waals surface area contributed by atoms with Crippen molar-refractivity contribution in [2.75, 3.05) is 19.0 Å². The minimum Gasteiger partial charge on any atom is -0.377 e. The first-order valence-electron chi connectivity index (χ1n) is 3.94. The van der Waals surface area contributed by atoms with E-state index in [4.69, 9.17) is 6.57 Å². The van der Waals surface area contributed by atoms with Crippen LogP contribution in [0.2, 0.25) is 0 Å². The molecule has 0 heterocycles. The second-order valence-corrected chi connectivity index (χ2v) is 2.98. The van der Waals surface area contributed by atoms with Gasteiger partial charge >= 0.3 is 0 Å². The van der Waals surface area contributed by atoms with E-state index in [1.54, 1.807) is 6.07 Å². The van der Waals surface area contributed by atoms with Crippen molar-refractivity contribution in [1.82, 2.24) is 0 Å². The Morgan fingerprint density at radius 3 is 2.69 bits per heavy atom. The molecular weight excluding hydrogens is 167 g/mol. The number of nitrogens with zero attached hydrogens (tertiary/aromatic N) is 2. The van der Waals surface area contributed by atoms with Crippen LogP contribution in [0.3, 0.4) is 0 Å². The summed E-state index contributed by atoms with van der Waals surface area (Å²) in [6.07, 6.45) is 0. The normalized spacial score (nSPS) is 9.38. The molecule has 0 fully saturated rings. The van der Waals surface area contributed by atoms with Crippen molar-refractivity contribution in [3.8, 4) is 0 Å². The molecule has 0 N–H and O–H groups in total. The van der Waals surface area contributed by atoms with Gasteiger partial charge < -0.3 is 9.74 Å². The molecule has 68 valence electrons. The summed E-state index contributed by atoms with van der Waals surface area (Å²) in [4.78, 5) is 5.12. The number of benzene rings is 1. The van der Waals surface area contributed by atoms with E-state index in [0.717, 1.165) is 11.3 Å². The van der Waals surface area contributed by atoms with Crippen LogP contribution >= 0.6 is 0 Å². The maximum atomic E-state index is 12.8. The van der Waals surface area contributed by atoms with Gasteiger partial charge in [0.05, 0.1) is 5.56 Å². The second kappa shape index (κ2) is 3.90. The Morgan fingerprint density at radius 2 is 2.15 bits per heavy atom. The lowest BCUT2D eigenvalue weighted by Gasteiger charge is -2.14. The first-order valence-corrected chi connectivity index (χ1v) is 3.94. The fraction of sp³-hybridized carbons (Fsp3) is 0.300. The number of anilines is 1. The molecule has 0 saturated heterocycles. The number of hydrogen-bond acceptors (Lipinski definition) is 1. The van der Waals surface area contributed by atoms with Crippen LogP contribution in [0, 0.1) is 12.4 Å². The molecule has 3 heteroatoms. The van der Waals surface area contributed by atoms with Gasteiger partial charge in [0.25, 0.3) is 0 Å². The Bertz CT molecular complexity index is 339. The third-order valence-corrected chi connectivity index (χ3v) is 1.77. The van der Waals surface area contributed by atoms with Crippen molar-refractivity contribution in [2.24, 2.45) is 0 Å². The van der Waals surface area contributed by atoms with E-state index < -0.39 is 0 Å². The van der Waals surface area contributed by atoms with Crippen LogP contribution in [0.4, 0.5) is 10.1 Å². The molecule has 0 unspecified atom stereocenters. The highest BCUT2D eigenvalue weighted by Crippen LogP contribution is 2.20. The maximum absolute atomic E-state index is 12.8. The van der Waals surface area contributed by atoms with Crippen molar-refractivity contribution >= 4 is 5.69 Å². The molecular formula is C10H11FN2. The minimum absolute atomic E-state index is 0.227. The third kappa shape index (κ3) is 2.19. The maximum Gasteiger partial charge on any atom is 0.241 e. The minimum atomic E-state index is -0.288. The van der Waals surface area contributed by atoms with Gasteiger partial charge in [0, 0.05) is 19.8 Å². The molecule has 1 aromatic rings. The molecule has 0 aliphatic carbocycles. The van der Waals surface area contributed by atoms with Gasteiger partial charge in [-0.2, -0.15) is 0 Å². The van der Waals surface area contributed by atoms with Gasteiger partial charge in [0.2, 0.25) is 6.54 Å². The highest BCUT2D eigenvalue weighted by molar-refractivity contribution is 5.53. The second-order valence-electron chi connectivity index (χ2n) is 2.98. The Balaban J connectivity index is 3.12. The molecule has 0 bridgehead atoms. The molecule has 0 amide bonds.